The van der Waals surface area contributed by atoms with E-state index >= 15 is 0 Å². The minimum absolute atomic E-state index is 0.00642. The van der Waals surface area contributed by atoms with E-state index in [0.29, 0.717) is 37.2 Å². The zero-order valence-electron chi connectivity index (χ0n) is 21.7. The van der Waals surface area contributed by atoms with Crippen LogP contribution in [-0.2, 0) is 20.9 Å². The quantitative estimate of drug-likeness (QED) is 0.105. The highest BCUT2D eigenvalue weighted by Gasteiger charge is 2.54. The second-order valence-corrected chi connectivity index (χ2v) is 14.1. The molecule has 0 saturated carbocycles. The monoisotopic (exact) mass is 684 g/mol. The summed E-state index contributed by atoms with van der Waals surface area (Å²) in [5.41, 5.74) is 0.681. The molecule has 0 bridgehead atoms. The number of aromatic amines is 1. The van der Waals surface area contributed by atoms with E-state index in [0.717, 1.165) is 23.6 Å². The van der Waals surface area contributed by atoms with Crippen molar-refractivity contribution in [1.82, 2.24) is 30.8 Å². The van der Waals surface area contributed by atoms with Gasteiger partial charge in [-0.3, -0.25) is 14.5 Å². The van der Waals surface area contributed by atoms with Gasteiger partial charge in [-0.15, -0.1) is 45.5 Å². The molecule has 0 radical (unpaired) electrons. The highest BCUT2D eigenvalue weighted by Crippen LogP contribution is 2.41. The SMILES string of the molecule is O=C(CSc1cc(Cl)ccc1Cl)N[C@@H]1C(=O)N2C(C(=O)O)=C(CSc3cc[n+](CCCSc4nn[nH]n4)cc3)CS[C@H]12. The van der Waals surface area contributed by atoms with Crippen LogP contribution in [-0.4, -0.2) is 82.8 Å². The van der Waals surface area contributed by atoms with Gasteiger partial charge in [-0.1, -0.05) is 35.0 Å². The molecule has 5 rings (SSSR count). The number of hydrogen-bond donors (Lipinski definition) is 3. The molecule has 0 spiro atoms. The van der Waals surface area contributed by atoms with Gasteiger partial charge in [0, 0.05) is 50.6 Å². The first-order valence-electron chi connectivity index (χ1n) is 12.6. The molecule has 42 heavy (non-hydrogen) atoms. The molecule has 4 heterocycles. The highest BCUT2D eigenvalue weighted by atomic mass is 35.5. The molecule has 1 aromatic carbocycles. The van der Waals surface area contributed by atoms with Crippen LogP contribution in [0.25, 0.3) is 0 Å². The van der Waals surface area contributed by atoms with Crippen molar-refractivity contribution in [2.75, 3.05) is 23.0 Å². The lowest BCUT2D eigenvalue weighted by Gasteiger charge is -2.49. The number of nitrogens with one attached hydrogen (secondary N) is 2. The number of halogens is 2. The van der Waals surface area contributed by atoms with E-state index in [1.54, 1.807) is 18.2 Å². The molecule has 2 aliphatic rings. The largest absolute Gasteiger partial charge is 0.477 e. The number of pyridine rings is 1. The van der Waals surface area contributed by atoms with Gasteiger partial charge in [0.15, 0.2) is 12.4 Å². The molecule has 11 nitrogen and oxygen atoms in total. The van der Waals surface area contributed by atoms with E-state index < -0.39 is 23.3 Å². The first kappa shape index (κ1) is 31.0. The van der Waals surface area contributed by atoms with Crippen molar-refractivity contribution in [2.24, 2.45) is 0 Å². The summed E-state index contributed by atoms with van der Waals surface area (Å²) in [5.74, 6) is -0.124. The van der Waals surface area contributed by atoms with Crippen molar-refractivity contribution in [3.8, 4) is 0 Å². The number of carboxylic acid groups (broad SMARTS) is 1. The van der Waals surface area contributed by atoms with Crippen LogP contribution in [0.2, 0.25) is 10.0 Å². The zero-order chi connectivity index (χ0) is 29.6. The Morgan fingerprint density at radius 1 is 1.19 bits per heavy atom. The normalized spacial score (nSPS) is 18.0. The maximum absolute atomic E-state index is 13.0. The zero-order valence-corrected chi connectivity index (χ0v) is 26.5. The first-order valence-corrected chi connectivity index (χ1v) is 17.3. The van der Waals surface area contributed by atoms with Crippen LogP contribution in [0, 0.1) is 0 Å². The Labute approximate surface area is 267 Å². The number of nitrogens with zero attached hydrogens (tertiary/aromatic N) is 5. The Kier molecular flexibility index (Phi) is 10.6. The summed E-state index contributed by atoms with van der Waals surface area (Å²) in [6.07, 6.45) is 4.92. The number of H-pyrrole nitrogens is 1. The third kappa shape index (κ3) is 7.55. The maximum atomic E-state index is 13.0. The second kappa shape index (κ2) is 14.4. The van der Waals surface area contributed by atoms with Gasteiger partial charge in [0.1, 0.15) is 23.7 Å². The molecular formula is C25H24Cl2N7O4S4+. The van der Waals surface area contributed by atoms with E-state index in [2.05, 4.69) is 30.5 Å². The fraction of sp³-hybridized carbons (Fsp3) is 0.320. The highest BCUT2D eigenvalue weighted by molar-refractivity contribution is 8.01. The number of aromatic nitrogens is 5. The Morgan fingerprint density at radius 2 is 2.00 bits per heavy atom. The average molecular weight is 686 g/mol. The number of carbonyl (C=O) groups excluding carboxylic acids is 2. The molecule has 0 aliphatic carbocycles. The van der Waals surface area contributed by atoms with Gasteiger partial charge in [0.25, 0.3) is 5.91 Å². The average Bonchev–Trinajstić information content (AvgIpc) is 3.51. The smallest absolute Gasteiger partial charge is 0.352 e. The number of thioether (sulfide) groups is 4. The molecule has 2 amide bonds. The number of amides is 2. The number of rotatable bonds is 13. The first-order chi connectivity index (χ1) is 20.3. The molecule has 1 saturated heterocycles. The van der Waals surface area contributed by atoms with Crippen LogP contribution >= 0.6 is 70.2 Å². The molecule has 220 valence electrons. The Balaban J connectivity index is 1.12. The van der Waals surface area contributed by atoms with Crippen LogP contribution in [0.3, 0.4) is 0 Å². The summed E-state index contributed by atoms with van der Waals surface area (Å²) in [5, 5.41) is 27.7. The second-order valence-electron chi connectivity index (χ2n) is 9.03. The number of β-lactam (4-membered cyclic amide) rings is 1. The fourth-order valence-electron chi connectivity index (χ4n) is 4.22. The molecule has 3 aromatic rings. The van der Waals surface area contributed by atoms with Crippen molar-refractivity contribution < 1.29 is 24.1 Å². The van der Waals surface area contributed by atoms with Crippen molar-refractivity contribution >= 4 is 88.0 Å². The van der Waals surface area contributed by atoms with Crippen LogP contribution in [0.15, 0.2) is 68.9 Å². The van der Waals surface area contributed by atoms with Crippen LogP contribution in [0.1, 0.15) is 6.42 Å². The molecule has 17 heteroatoms. The topological polar surface area (TPSA) is 145 Å². The van der Waals surface area contributed by atoms with Crippen molar-refractivity contribution in [2.45, 2.75) is 39.3 Å². The Bertz CT molecular complexity index is 1490. The van der Waals surface area contributed by atoms with Crippen LogP contribution in [0.4, 0.5) is 0 Å². The van der Waals surface area contributed by atoms with E-state index in [-0.39, 0.29) is 17.4 Å². The van der Waals surface area contributed by atoms with Crippen LogP contribution in [0.5, 0.6) is 0 Å². The van der Waals surface area contributed by atoms with Gasteiger partial charge in [-0.2, -0.15) is 5.21 Å². The van der Waals surface area contributed by atoms with E-state index in [1.165, 1.54) is 51.9 Å². The van der Waals surface area contributed by atoms with Crippen LogP contribution < -0.4 is 9.88 Å². The number of carboxylic acids is 1. The summed E-state index contributed by atoms with van der Waals surface area (Å²) < 4.78 is 2.08. The van der Waals surface area contributed by atoms with Gasteiger partial charge >= 0.3 is 5.97 Å². The molecule has 0 unspecified atom stereocenters. The molecule has 2 aromatic heterocycles. The number of aliphatic carboxylic acids is 1. The number of benzene rings is 1. The van der Waals surface area contributed by atoms with Crippen molar-refractivity contribution in [3.63, 3.8) is 0 Å². The van der Waals surface area contributed by atoms with E-state index in [9.17, 15) is 19.5 Å². The van der Waals surface area contributed by atoms with Gasteiger partial charge < -0.3 is 10.4 Å². The number of aryl methyl sites for hydroxylation is 1. The minimum Gasteiger partial charge on any atom is -0.477 e. The molecule has 2 atom stereocenters. The fourth-order valence-corrected chi connectivity index (χ4v) is 8.56. The lowest BCUT2D eigenvalue weighted by atomic mass is 10.0. The third-order valence-electron chi connectivity index (χ3n) is 6.21. The third-order valence-corrected chi connectivity index (χ3v) is 11.3. The minimum atomic E-state index is -1.15. The number of carbonyl (C=O) groups is 3. The molecule has 2 aliphatic heterocycles. The molecular weight excluding hydrogens is 661 g/mol. The van der Waals surface area contributed by atoms with Gasteiger partial charge in [0.2, 0.25) is 11.1 Å². The number of hydrogen-bond acceptors (Lipinski definition) is 10. The summed E-state index contributed by atoms with van der Waals surface area (Å²) >= 11 is 17.9. The van der Waals surface area contributed by atoms with Gasteiger partial charge in [-0.05, 0) is 29.0 Å². The standard InChI is InChI=1S/C25H23Cl2N7O4S4/c26-15-2-3-17(27)18(10-15)41-13-19(35)28-20-22(36)34-21(24(37)38)14(12-42-23(20)34)11-40-16-4-7-33(8-5-16)6-1-9-39-25-29-31-32-30-25/h2-5,7-8,10,20,23H,1,6,9,11-13H2,(H2-,28,29,30,31,32,35,37,38)/p+1/t20-,23-/m1/s1. The summed E-state index contributed by atoms with van der Waals surface area (Å²) in [4.78, 5) is 40.7. The summed E-state index contributed by atoms with van der Waals surface area (Å²) in [6, 6.07) is 8.19. The van der Waals surface area contributed by atoms with Crippen molar-refractivity contribution in [3.05, 3.63) is 64.0 Å². The Morgan fingerprint density at radius 3 is 2.74 bits per heavy atom. The maximum Gasteiger partial charge on any atom is 0.352 e. The summed E-state index contributed by atoms with van der Waals surface area (Å²) in [6.45, 7) is 0.837. The lowest BCUT2D eigenvalue weighted by molar-refractivity contribution is -0.697. The summed E-state index contributed by atoms with van der Waals surface area (Å²) in [7, 11) is 0. The predicted octanol–water partition coefficient (Wildman–Crippen LogP) is 3.60. The number of tetrazole rings is 1. The van der Waals surface area contributed by atoms with E-state index in [4.69, 9.17) is 23.2 Å². The van der Waals surface area contributed by atoms with Gasteiger partial charge in [-0.25, -0.2) is 9.36 Å². The lowest BCUT2D eigenvalue weighted by Crippen LogP contribution is -2.70. The van der Waals surface area contributed by atoms with Gasteiger partial charge in [0.05, 0.1) is 10.8 Å². The van der Waals surface area contributed by atoms with Crippen molar-refractivity contribution in [1.29, 1.82) is 0 Å². The molecule has 1 fully saturated rings. The Hall–Kier alpha value is -2.43. The molecule has 3 N–H and O–H groups in total. The number of fused-ring (bicyclic) bond motifs is 1. The van der Waals surface area contributed by atoms with E-state index in [1.807, 2.05) is 24.5 Å². The predicted molar refractivity (Wildman–Crippen MR) is 164 cm³/mol.